The lowest BCUT2D eigenvalue weighted by molar-refractivity contribution is 0.632. The lowest BCUT2D eigenvalue weighted by Crippen LogP contribution is -2.10. The molecular formula is C66H45NO. The van der Waals surface area contributed by atoms with Crippen LogP contribution in [0.2, 0.25) is 0 Å². The maximum atomic E-state index is 6.57. The highest BCUT2D eigenvalue weighted by Crippen LogP contribution is 2.44. The Bertz CT molecular complexity index is 3700. The van der Waals surface area contributed by atoms with E-state index >= 15 is 0 Å². The van der Waals surface area contributed by atoms with E-state index in [0.29, 0.717) is 0 Å². The van der Waals surface area contributed by atoms with Gasteiger partial charge in [-0.25, -0.2) is 0 Å². The second-order valence-corrected chi connectivity index (χ2v) is 17.2. The van der Waals surface area contributed by atoms with E-state index in [-0.39, 0.29) is 0 Å². The smallest absolute Gasteiger partial charge is 0.143 e. The zero-order valence-corrected chi connectivity index (χ0v) is 37.3. The van der Waals surface area contributed by atoms with E-state index in [9.17, 15) is 0 Å². The fourth-order valence-corrected chi connectivity index (χ4v) is 9.82. The monoisotopic (exact) mass is 867 g/mol. The van der Waals surface area contributed by atoms with Crippen LogP contribution >= 0.6 is 0 Å². The standard InChI is InChI=1S/C66H45NO/c1-3-17-49(18-4-1)57-25-9-11-28-60(57)61-29-12-10-26-58(61)51-39-43-56(44-40-51)67(63-31-16-22-50-19-7-8-27-59(50)63)55-41-37-47(38-42-55)46-33-35-48(36-34-46)53-23-15-24-54(45-53)66-65(52-20-5-2-6-21-52)62-30-13-14-32-64(62)68-66/h1-45H. The molecule has 0 spiro atoms. The van der Waals surface area contributed by atoms with E-state index in [2.05, 4.69) is 266 Å². The van der Waals surface area contributed by atoms with Gasteiger partial charge in [-0.05, 0) is 109 Å². The van der Waals surface area contributed by atoms with Crippen LogP contribution in [-0.2, 0) is 0 Å². The summed E-state index contributed by atoms with van der Waals surface area (Å²) in [6, 6.07) is 97.8. The van der Waals surface area contributed by atoms with Gasteiger partial charge in [0, 0.05) is 33.3 Å². The summed E-state index contributed by atoms with van der Waals surface area (Å²) in [4.78, 5) is 2.38. The Hall–Kier alpha value is -8.98. The SMILES string of the molecule is c1ccc(-c2ccccc2-c2ccccc2-c2ccc(N(c3ccc(-c4ccc(-c5cccc(-c6oc7ccccc7c6-c6ccccc6)c5)cc4)cc3)c3cccc4ccccc34)cc2)cc1. The summed E-state index contributed by atoms with van der Waals surface area (Å²) in [5.41, 5.74) is 19.4. The van der Waals surface area contributed by atoms with Crippen LogP contribution in [-0.4, -0.2) is 0 Å². The van der Waals surface area contributed by atoms with Gasteiger partial charge >= 0.3 is 0 Å². The Morgan fingerprint density at radius 2 is 0.691 bits per heavy atom. The fourth-order valence-electron chi connectivity index (χ4n) is 9.82. The van der Waals surface area contributed by atoms with E-state index in [1.165, 1.54) is 44.2 Å². The molecule has 0 aliphatic rings. The molecule has 0 saturated heterocycles. The molecule has 1 heterocycles. The summed E-state index contributed by atoms with van der Waals surface area (Å²) >= 11 is 0. The van der Waals surface area contributed by atoms with Gasteiger partial charge in [0.25, 0.3) is 0 Å². The van der Waals surface area contributed by atoms with Gasteiger partial charge in [0.15, 0.2) is 0 Å². The maximum Gasteiger partial charge on any atom is 0.143 e. The van der Waals surface area contributed by atoms with Gasteiger partial charge in [-0.3, -0.25) is 0 Å². The van der Waals surface area contributed by atoms with Crippen molar-refractivity contribution in [1.82, 2.24) is 0 Å². The average molecular weight is 868 g/mol. The molecule has 0 unspecified atom stereocenters. The fraction of sp³-hybridized carbons (Fsp3) is 0. The molecule has 12 rings (SSSR count). The lowest BCUT2D eigenvalue weighted by Gasteiger charge is -2.27. The Morgan fingerprint density at radius 3 is 1.34 bits per heavy atom. The van der Waals surface area contributed by atoms with Crippen molar-refractivity contribution in [1.29, 1.82) is 0 Å². The molecule has 2 heteroatoms. The number of hydrogen-bond acceptors (Lipinski definition) is 2. The third kappa shape index (κ3) is 7.64. The number of anilines is 3. The van der Waals surface area contributed by atoms with E-state index < -0.39 is 0 Å². The Morgan fingerprint density at radius 1 is 0.265 bits per heavy atom. The Labute approximate surface area is 397 Å². The van der Waals surface area contributed by atoms with Crippen molar-refractivity contribution < 1.29 is 4.42 Å². The van der Waals surface area contributed by atoms with Crippen LogP contribution in [0.25, 0.3) is 99.8 Å². The molecule has 0 amide bonds. The van der Waals surface area contributed by atoms with Crippen molar-refractivity contribution in [3.05, 3.63) is 273 Å². The van der Waals surface area contributed by atoms with Crippen LogP contribution in [0, 0.1) is 0 Å². The summed E-state index contributed by atoms with van der Waals surface area (Å²) < 4.78 is 6.57. The number of fused-ring (bicyclic) bond motifs is 2. The number of benzene rings is 11. The van der Waals surface area contributed by atoms with Crippen molar-refractivity contribution >= 4 is 38.8 Å². The maximum absolute atomic E-state index is 6.57. The molecule has 68 heavy (non-hydrogen) atoms. The van der Waals surface area contributed by atoms with Gasteiger partial charge in [-0.2, -0.15) is 0 Å². The predicted octanol–water partition coefficient (Wildman–Crippen LogP) is 18.7. The lowest BCUT2D eigenvalue weighted by atomic mass is 9.89. The molecule has 1 aromatic heterocycles. The molecule has 0 atom stereocenters. The van der Waals surface area contributed by atoms with Crippen LogP contribution in [0.1, 0.15) is 0 Å². The van der Waals surface area contributed by atoms with Crippen LogP contribution in [0.4, 0.5) is 17.1 Å². The van der Waals surface area contributed by atoms with Crippen LogP contribution in [0.15, 0.2) is 277 Å². The van der Waals surface area contributed by atoms with E-state index in [4.69, 9.17) is 4.42 Å². The minimum atomic E-state index is 0.885. The van der Waals surface area contributed by atoms with Gasteiger partial charge in [0.2, 0.25) is 0 Å². The van der Waals surface area contributed by atoms with Gasteiger partial charge in [0.1, 0.15) is 11.3 Å². The molecule has 0 aliphatic carbocycles. The number of rotatable bonds is 10. The molecule has 0 bridgehead atoms. The zero-order chi connectivity index (χ0) is 45.2. The molecule has 0 N–H and O–H groups in total. The third-order valence-corrected chi connectivity index (χ3v) is 13.1. The highest BCUT2D eigenvalue weighted by molar-refractivity contribution is 6.02. The van der Waals surface area contributed by atoms with Crippen molar-refractivity contribution in [3.8, 4) is 78.1 Å². The topological polar surface area (TPSA) is 16.4 Å². The predicted molar refractivity (Wildman–Crippen MR) is 286 cm³/mol. The van der Waals surface area contributed by atoms with Gasteiger partial charge in [-0.15, -0.1) is 0 Å². The van der Waals surface area contributed by atoms with Crippen molar-refractivity contribution in [3.63, 3.8) is 0 Å². The normalized spacial score (nSPS) is 11.2. The summed E-state index contributed by atoms with van der Waals surface area (Å²) in [7, 11) is 0. The molecule has 0 radical (unpaired) electrons. The third-order valence-electron chi connectivity index (χ3n) is 13.1. The second-order valence-electron chi connectivity index (χ2n) is 17.2. The number of para-hydroxylation sites is 1. The van der Waals surface area contributed by atoms with Crippen LogP contribution in [0.3, 0.4) is 0 Å². The first-order chi connectivity index (χ1) is 33.7. The Balaban J connectivity index is 0.863. The van der Waals surface area contributed by atoms with E-state index in [1.807, 2.05) is 12.1 Å². The second kappa shape index (κ2) is 17.8. The van der Waals surface area contributed by atoms with E-state index in [0.717, 1.165) is 72.7 Å². The molecule has 0 saturated carbocycles. The Kier molecular flexibility index (Phi) is 10.6. The first-order valence-corrected chi connectivity index (χ1v) is 23.2. The van der Waals surface area contributed by atoms with Crippen LogP contribution in [0.5, 0.6) is 0 Å². The first kappa shape index (κ1) is 40.5. The quantitative estimate of drug-likeness (QED) is 0.136. The molecule has 12 aromatic rings. The van der Waals surface area contributed by atoms with Gasteiger partial charge in [0.05, 0.1) is 5.69 Å². The van der Waals surface area contributed by atoms with Crippen molar-refractivity contribution in [2.75, 3.05) is 4.90 Å². The average Bonchev–Trinajstić information content (AvgIpc) is 3.82. The number of nitrogens with zero attached hydrogens (tertiary/aromatic N) is 1. The molecule has 11 aromatic carbocycles. The minimum Gasteiger partial charge on any atom is -0.455 e. The summed E-state index contributed by atoms with van der Waals surface area (Å²) in [6.07, 6.45) is 0. The number of furan rings is 1. The van der Waals surface area contributed by atoms with E-state index in [1.54, 1.807) is 0 Å². The van der Waals surface area contributed by atoms with Crippen molar-refractivity contribution in [2.45, 2.75) is 0 Å². The molecular weight excluding hydrogens is 823 g/mol. The molecule has 2 nitrogen and oxygen atoms in total. The first-order valence-electron chi connectivity index (χ1n) is 23.2. The van der Waals surface area contributed by atoms with Gasteiger partial charge in [-0.1, -0.05) is 231 Å². The van der Waals surface area contributed by atoms with Gasteiger partial charge < -0.3 is 9.32 Å². The summed E-state index contributed by atoms with van der Waals surface area (Å²) in [6.45, 7) is 0. The highest BCUT2D eigenvalue weighted by atomic mass is 16.3. The summed E-state index contributed by atoms with van der Waals surface area (Å²) in [5, 5.41) is 3.52. The molecule has 320 valence electrons. The summed E-state index contributed by atoms with van der Waals surface area (Å²) in [5.74, 6) is 0.885. The van der Waals surface area contributed by atoms with Crippen LogP contribution < -0.4 is 4.90 Å². The minimum absolute atomic E-state index is 0.885. The molecule has 0 aliphatic heterocycles. The van der Waals surface area contributed by atoms with Crippen molar-refractivity contribution in [2.24, 2.45) is 0 Å². The highest BCUT2D eigenvalue weighted by Gasteiger charge is 2.20. The molecule has 0 fully saturated rings. The largest absolute Gasteiger partial charge is 0.455 e. The zero-order valence-electron chi connectivity index (χ0n) is 37.3. The number of hydrogen-bond donors (Lipinski definition) is 0.